The van der Waals surface area contributed by atoms with Gasteiger partial charge in [-0.15, -0.1) is 0 Å². The Labute approximate surface area is 155 Å². The molecule has 0 atom stereocenters. The highest BCUT2D eigenvalue weighted by atomic mass is 16.2. The number of benzene rings is 1. The van der Waals surface area contributed by atoms with E-state index in [1.54, 1.807) is 0 Å². The van der Waals surface area contributed by atoms with Crippen molar-refractivity contribution in [1.29, 1.82) is 0 Å². The first-order valence-corrected chi connectivity index (χ1v) is 9.69. The van der Waals surface area contributed by atoms with Crippen LogP contribution in [-0.2, 0) is 13.0 Å². The number of carbonyl (C=O) groups excluding carboxylic acids is 1. The molecule has 0 unspecified atom stereocenters. The molecule has 2 aliphatic rings. The topological polar surface area (TPSA) is 49.6 Å². The molecule has 0 radical (unpaired) electrons. The summed E-state index contributed by atoms with van der Waals surface area (Å²) < 4.78 is 2.45. The minimum Gasteiger partial charge on any atom is -0.343 e. The van der Waals surface area contributed by atoms with Crippen molar-refractivity contribution in [3.05, 3.63) is 35.0 Å². The highest BCUT2D eigenvalue weighted by molar-refractivity contribution is 6.21. The first kappa shape index (κ1) is 17.3. The second kappa shape index (κ2) is 6.23. The smallest absolute Gasteiger partial charge is 0.272 e. The van der Waals surface area contributed by atoms with Gasteiger partial charge in [-0.25, -0.2) is 5.43 Å². The van der Waals surface area contributed by atoms with Crippen LogP contribution in [-0.4, -0.2) is 40.7 Å². The molecule has 0 saturated carbocycles. The lowest BCUT2D eigenvalue weighted by atomic mass is 9.75. The van der Waals surface area contributed by atoms with Crippen LogP contribution in [0.15, 0.2) is 23.3 Å². The van der Waals surface area contributed by atoms with Crippen molar-refractivity contribution in [2.24, 2.45) is 10.5 Å². The van der Waals surface area contributed by atoms with Gasteiger partial charge in [-0.2, -0.15) is 5.10 Å². The fourth-order valence-corrected chi connectivity index (χ4v) is 4.50. The largest absolute Gasteiger partial charge is 0.343 e. The minimum absolute atomic E-state index is 0.0981. The molecular weight excluding hydrogens is 324 g/mol. The number of hydrazone groups is 1. The molecule has 4 rings (SSSR count). The van der Waals surface area contributed by atoms with Crippen molar-refractivity contribution in [2.75, 3.05) is 19.6 Å². The summed E-state index contributed by atoms with van der Waals surface area (Å²) in [7, 11) is 0. The first-order chi connectivity index (χ1) is 12.4. The Hall–Kier alpha value is -2.14. The molecule has 1 aromatic carbocycles. The molecule has 0 saturated heterocycles. The summed E-state index contributed by atoms with van der Waals surface area (Å²) in [4.78, 5) is 15.0. The van der Waals surface area contributed by atoms with E-state index in [1.165, 1.54) is 16.8 Å². The highest BCUT2D eigenvalue weighted by Gasteiger charge is 2.36. The molecule has 1 aliphatic carbocycles. The van der Waals surface area contributed by atoms with Crippen LogP contribution >= 0.6 is 0 Å². The van der Waals surface area contributed by atoms with Crippen LogP contribution in [0.4, 0.5) is 0 Å². The summed E-state index contributed by atoms with van der Waals surface area (Å²) in [6.07, 6.45) is 1.91. The third-order valence-electron chi connectivity index (χ3n) is 5.85. The highest BCUT2D eigenvalue weighted by Crippen LogP contribution is 2.41. The Morgan fingerprint density at radius 2 is 2.00 bits per heavy atom. The molecule has 1 aromatic heterocycles. The number of carbonyl (C=O) groups is 1. The van der Waals surface area contributed by atoms with Gasteiger partial charge in [0.2, 0.25) is 0 Å². The molecule has 0 bridgehead atoms. The van der Waals surface area contributed by atoms with Crippen molar-refractivity contribution in [2.45, 2.75) is 47.1 Å². The van der Waals surface area contributed by atoms with E-state index in [2.05, 4.69) is 53.8 Å². The zero-order valence-electron chi connectivity index (χ0n) is 16.2. The van der Waals surface area contributed by atoms with Gasteiger partial charge >= 0.3 is 0 Å². The lowest BCUT2D eigenvalue weighted by Crippen LogP contribution is -2.31. The van der Waals surface area contributed by atoms with E-state index >= 15 is 0 Å². The van der Waals surface area contributed by atoms with Gasteiger partial charge in [-0.05, 0) is 43.5 Å². The average molecular weight is 352 g/mol. The van der Waals surface area contributed by atoms with Crippen molar-refractivity contribution in [3.8, 4) is 0 Å². The number of nitrogens with one attached hydrogen (secondary N) is 1. The van der Waals surface area contributed by atoms with Gasteiger partial charge in [0.25, 0.3) is 5.91 Å². The van der Waals surface area contributed by atoms with Crippen LogP contribution in [0, 0.1) is 5.41 Å². The summed E-state index contributed by atoms with van der Waals surface area (Å²) in [5, 5.41) is 5.59. The fourth-order valence-electron chi connectivity index (χ4n) is 4.50. The van der Waals surface area contributed by atoms with Gasteiger partial charge in [0.15, 0.2) is 0 Å². The zero-order chi connectivity index (χ0) is 18.5. The molecule has 1 amide bonds. The molecule has 2 heterocycles. The Morgan fingerprint density at radius 1 is 1.23 bits per heavy atom. The van der Waals surface area contributed by atoms with Crippen molar-refractivity contribution in [1.82, 2.24) is 14.9 Å². The maximum Gasteiger partial charge on any atom is 0.272 e. The predicted octanol–water partition coefficient (Wildman–Crippen LogP) is 3.40. The van der Waals surface area contributed by atoms with Crippen LogP contribution in [0.3, 0.4) is 0 Å². The van der Waals surface area contributed by atoms with E-state index in [-0.39, 0.29) is 11.3 Å². The van der Waals surface area contributed by atoms with E-state index in [4.69, 9.17) is 0 Å². The van der Waals surface area contributed by atoms with Gasteiger partial charge in [0.1, 0.15) is 0 Å². The van der Waals surface area contributed by atoms with Crippen molar-refractivity contribution < 1.29 is 4.79 Å². The molecular formula is C21H28N4O. The van der Waals surface area contributed by atoms with Crippen LogP contribution in [0.2, 0.25) is 0 Å². The van der Waals surface area contributed by atoms with Crippen LogP contribution in [0.1, 0.15) is 55.7 Å². The molecule has 0 spiro atoms. The fraction of sp³-hybridized carbons (Fsp3) is 0.524. The lowest BCUT2D eigenvalue weighted by Gasteiger charge is -2.32. The number of nitrogens with zero attached hydrogens (tertiary/aromatic N) is 3. The molecule has 26 heavy (non-hydrogen) atoms. The number of rotatable bonds is 5. The summed E-state index contributed by atoms with van der Waals surface area (Å²) in [5.41, 5.74) is 8.39. The van der Waals surface area contributed by atoms with Crippen LogP contribution in [0.5, 0.6) is 0 Å². The minimum atomic E-state index is -0.0981. The summed E-state index contributed by atoms with van der Waals surface area (Å²) in [6, 6.07) is 6.07. The SMILES string of the molecule is CCN(CC)CCn1c2c3c4c(cccc41)C(=O)NN=C3CC(C)(C)C2. The van der Waals surface area contributed by atoms with Crippen molar-refractivity contribution in [3.63, 3.8) is 0 Å². The number of aromatic nitrogens is 1. The van der Waals surface area contributed by atoms with Crippen LogP contribution in [0.25, 0.3) is 10.9 Å². The maximum absolute atomic E-state index is 12.6. The molecule has 5 nitrogen and oxygen atoms in total. The van der Waals surface area contributed by atoms with E-state index in [9.17, 15) is 4.79 Å². The van der Waals surface area contributed by atoms with Gasteiger partial charge in [-0.3, -0.25) is 4.79 Å². The molecule has 2 aromatic rings. The first-order valence-electron chi connectivity index (χ1n) is 9.69. The van der Waals surface area contributed by atoms with Gasteiger partial charge in [0.05, 0.1) is 11.3 Å². The van der Waals surface area contributed by atoms with E-state index in [0.717, 1.165) is 55.7 Å². The third-order valence-corrected chi connectivity index (χ3v) is 5.85. The normalized spacial score (nSPS) is 18.0. The zero-order valence-corrected chi connectivity index (χ0v) is 16.2. The monoisotopic (exact) mass is 352 g/mol. The number of hydrogen-bond acceptors (Lipinski definition) is 3. The Balaban J connectivity index is 1.93. The van der Waals surface area contributed by atoms with Crippen LogP contribution < -0.4 is 5.43 Å². The van der Waals surface area contributed by atoms with Gasteiger partial charge in [0, 0.05) is 35.2 Å². The maximum atomic E-state index is 12.6. The standard InChI is InChI=1S/C21H28N4O/c1-5-24(6-2)10-11-25-16-9-7-8-14-18(16)19-15(22-23-20(14)26)12-21(3,4)13-17(19)25/h7-9H,5-6,10-13H2,1-4H3,(H,23,26). The van der Waals surface area contributed by atoms with Crippen molar-refractivity contribution >= 4 is 22.5 Å². The molecule has 5 heteroatoms. The molecule has 138 valence electrons. The number of hydrogen-bond donors (Lipinski definition) is 1. The molecule has 1 N–H and O–H groups in total. The summed E-state index contributed by atoms with van der Waals surface area (Å²) in [6.45, 7) is 13.1. The number of amides is 1. The molecule has 1 aliphatic heterocycles. The Morgan fingerprint density at radius 3 is 2.73 bits per heavy atom. The van der Waals surface area contributed by atoms with Gasteiger partial charge in [-0.1, -0.05) is 33.8 Å². The van der Waals surface area contributed by atoms with E-state index in [1.807, 2.05) is 12.1 Å². The number of likely N-dealkylation sites (N-methyl/N-ethyl adjacent to an activating group) is 1. The van der Waals surface area contributed by atoms with E-state index < -0.39 is 0 Å². The lowest BCUT2D eigenvalue weighted by molar-refractivity contribution is 0.0956. The Bertz CT molecular complexity index is 902. The quantitative estimate of drug-likeness (QED) is 0.896. The summed E-state index contributed by atoms with van der Waals surface area (Å²) in [5.74, 6) is -0.0981. The average Bonchev–Trinajstić information content (AvgIpc) is 2.84. The summed E-state index contributed by atoms with van der Waals surface area (Å²) >= 11 is 0. The predicted molar refractivity (Wildman–Crippen MR) is 106 cm³/mol. The molecule has 0 fully saturated rings. The second-order valence-corrected chi connectivity index (χ2v) is 8.22. The second-order valence-electron chi connectivity index (χ2n) is 8.22. The third kappa shape index (κ3) is 2.65. The van der Waals surface area contributed by atoms with Gasteiger partial charge < -0.3 is 9.47 Å². The Kier molecular flexibility index (Phi) is 4.14. The van der Waals surface area contributed by atoms with E-state index in [0.29, 0.717) is 0 Å².